The molecule has 2 rings (SSSR count). The fourth-order valence-electron chi connectivity index (χ4n) is 3.36. The lowest BCUT2D eigenvalue weighted by atomic mass is 9.85. The molecule has 0 spiro atoms. The Kier molecular flexibility index (Phi) is 5.99. The summed E-state index contributed by atoms with van der Waals surface area (Å²) in [5.41, 5.74) is 6.62. The van der Waals surface area contributed by atoms with Crippen LogP contribution in [0.1, 0.15) is 56.4 Å². The first kappa shape index (κ1) is 15.5. The van der Waals surface area contributed by atoms with Gasteiger partial charge >= 0.3 is 0 Å². The Balaban J connectivity index is 1.99. The van der Waals surface area contributed by atoms with E-state index in [4.69, 9.17) is 5.73 Å². The van der Waals surface area contributed by atoms with E-state index in [1.807, 2.05) is 6.07 Å². The van der Waals surface area contributed by atoms with E-state index in [9.17, 15) is 9.50 Å². The van der Waals surface area contributed by atoms with Crippen LogP contribution >= 0.6 is 0 Å². The number of benzene rings is 1. The maximum atomic E-state index is 13.3. The summed E-state index contributed by atoms with van der Waals surface area (Å²) in [6.07, 6.45) is 7.90. The highest BCUT2D eigenvalue weighted by Gasteiger charge is 2.24. The minimum Gasteiger partial charge on any atom is -0.392 e. The molecule has 0 saturated heterocycles. The van der Waals surface area contributed by atoms with Gasteiger partial charge in [0.2, 0.25) is 0 Å². The molecule has 0 aromatic heterocycles. The van der Waals surface area contributed by atoms with Gasteiger partial charge < -0.3 is 10.8 Å². The van der Waals surface area contributed by atoms with E-state index in [0.717, 1.165) is 12.0 Å². The zero-order valence-electron chi connectivity index (χ0n) is 12.1. The molecule has 1 fully saturated rings. The van der Waals surface area contributed by atoms with Gasteiger partial charge in [-0.15, -0.1) is 0 Å². The Morgan fingerprint density at radius 1 is 1.20 bits per heavy atom. The average Bonchev–Trinajstić information content (AvgIpc) is 2.68. The molecule has 0 aliphatic heterocycles. The van der Waals surface area contributed by atoms with E-state index in [-0.39, 0.29) is 11.7 Å². The molecule has 0 bridgehead atoms. The second-order valence-corrected chi connectivity index (χ2v) is 6.06. The van der Waals surface area contributed by atoms with Gasteiger partial charge in [0.05, 0.1) is 6.10 Å². The molecule has 2 nitrogen and oxygen atoms in total. The Hall–Kier alpha value is -0.930. The number of aliphatic hydroxyl groups excluding tert-OH is 1. The molecule has 3 heteroatoms. The van der Waals surface area contributed by atoms with Crippen LogP contribution < -0.4 is 5.73 Å². The quantitative estimate of drug-likeness (QED) is 0.809. The predicted octanol–water partition coefficient (Wildman–Crippen LogP) is 3.59. The lowest BCUT2D eigenvalue weighted by Gasteiger charge is -2.25. The van der Waals surface area contributed by atoms with Crippen LogP contribution in [0.15, 0.2) is 24.3 Å². The summed E-state index contributed by atoms with van der Waals surface area (Å²) in [6.45, 7) is 0.358. The topological polar surface area (TPSA) is 46.2 Å². The third-order valence-electron chi connectivity index (χ3n) is 4.54. The normalized spacial score (nSPS) is 20.4. The number of nitrogens with two attached hydrogens (primary N) is 1. The van der Waals surface area contributed by atoms with Crippen molar-refractivity contribution >= 4 is 0 Å². The largest absolute Gasteiger partial charge is 0.392 e. The van der Waals surface area contributed by atoms with Crippen LogP contribution in [0.5, 0.6) is 0 Å². The van der Waals surface area contributed by atoms with Crippen LogP contribution in [0.3, 0.4) is 0 Å². The minimum atomic E-state index is -0.468. The molecule has 2 unspecified atom stereocenters. The lowest BCUT2D eigenvalue weighted by Crippen LogP contribution is -2.28. The summed E-state index contributed by atoms with van der Waals surface area (Å²) in [5, 5.41) is 10.5. The highest BCUT2D eigenvalue weighted by atomic mass is 19.1. The van der Waals surface area contributed by atoms with E-state index in [1.54, 1.807) is 6.07 Å². The van der Waals surface area contributed by atoms with Crippen molar-refractivity contribution < 1.29 is 9.50 Å². The van der Waals surface area contributed by atoms with Crippen LogP contribution in [0.4, 0.5) is 4.39 Å². The molecule has 20 heavy (non-hydrogen) atoms. The van der Waals surface area contributed by atoms with Crippen molar-refractivity contribution in [2.45, 2.75) is 57.0 Å². The molecule has 1 aromatic rings. The SMILES string of the molecule is NCC(c1cccc(F)c1)C(O)CC1CCCCCC1. The molecule has 0 heterocycles. The Morgan fingerprint density at radius 2 is 1.90 bits per heavy atom. The van der Waals surface area contributed by atoms with E-state index in [1.165, 1.54) is 50.7 Å². The monoisotopic (exact) mass is 279 g/mol. The van der Waals surface area contributed by atoms with Crippen LogP contribution in [0, 0.1) is 11.7 Å². The average molecular weight is 279 g/mol. The van der Waals surface area contributed by atoms with Crippen molar-refractivity contribution in [2.75, 3.05) is 6.54 Å². The second-order valence-electron chi connectivity index (χ2n) is 6.06. The van der Waals surface area contributed by atoms with Crippen molar-refractivity contribution in [3.63, 3.8) is 0 Å². The van der Waals surface area contributed by atoms with Gasteiger partial charge in [0.25, 0.3) is 0 Å². The summed E-state index contributed by atoms with van der Waals surface area (Å²) < 4.78 is 13.3. The van der Waals surface area contributed by atoms with Gasteiger partial charge in [0.15, 0.2) is 0 Å². The molecule has 2 atom stereocenters. The summed E-state index contributed by atoms with van der Waals surface area (Å²) in [4.78, 5) is 0. The van der Waals surface area contributed by atoms with Gasteiger partial charge in [0, 0.05) is 12.5 Å². The summed E-state index contributed by atoms with van der Waals surface area (Å²) in [6, 6.07) is 6.46. The number of hydrogen-bond donors (Lipinski definition) is 2. The van der Waals surface area contributed by atoms with Crippen LogP contribution in [0.25, 0.3) is 0 Å². The number of halogens is 1. The zero-order valence-corrected chi connectivity index (χ0v) is 12.1. The van der Waals surface area contributed by atoms with Crippen molar-refractivity contribution in [1.29, 1.82) is 0 Å². The smallest absolute Gasteiger partial charge is 0.123 e. The number of aliphatic hydroxyl groups is 1. The summed E-state index contributed by atoms with van der Waals surface area (Å²) in [5.74, 6) is 0.173. The van der Waals surface area contributed by atoms with E-state index >= 15 is 0 Å². The van der Waals surface area contributed by atoms with Gasteiger partial charge in [-0.1, -0.05) is 50.7 Å². The molecule has 1 aromatic carbocycles. The molecule has 0 radical (unpaired) electrons. The van der Waals surface area contributed by atoms with Crippen LogP contribution in [-0.2, 0) is 0 Å². The molecule has 1 aliphatic carbocycles. The van der Waals surface area contributed by atoms with Crippen molar-refractivity contribution in [1.82, 2.24) is 0 Å². The van der Waals surface area contributed by atoms with Crippen LogP contribution in [0.2, 0.25) is 0 Å². The molecular weight excluding hydrogens is 253 g/mol. The Morgan fingerprint density at radius 3 is 2.50 bits per heavy atom. The number of rotatable bonds is 5. The van der Waals surface area contributed by atoms with E-state index < -0.39 is 6.10 Å². The fraction of sp³-hybridized carbons (Fsp3) is 0.647. The predicted molar refractivity (Wildman–Crippen MR) is 80.0 cm³/mol. The molecule has 0 amide bonds. The molecular formula is C17H26FNO. The molecule has 1 saturated carbocycles. The standard InChI is InChI=1S/C17H26FNO/c18-15-9-5-8-14(11-15)16(12-19)17(20)10-13-6-3-1-2-4-7-13/h5,8-9,11,13,16-17,20H,1-4,6-7,10,12,19H2. The highest BCUT2D eigenvalue weighted by molar-refractivity contribution is 5.22. The first-order valence-corrected chi connectivity index (χ1v) is 7.84. The summed E-state index contributed by atoms with van der Waals surface area (Å²) in [7, 11) is 0. The Bertz CT molecular complexity index is 402. The van der Waals surface area contributed by atoms with Gasteiger partial charge in [-0.2, -0.15) is 0 Å². The number of hydrogen-bond acceptors (Lipinski definition) is 2. The van der Waals surface area contributed by atoms with Crippen molar-refractivity contribution in [3.05, 3.63) is 35.6 Å². The Labute approximate surface area is 121 Å². The van der Waals surface area contributed by atoms with Crippen LogP contribution in [-0.4, -0.2) is 17.8 Å². The second kappa shape index (κ2) is 7.75. The fourth-order valence-corrected chi connectivity index (χ4v) is 3.36. The van der Waals surface area contributed by atoms with Gasteiger partial charge in [-0.3, -0.25) is 0 Å². The zero-order chi connectivity index (χ0) is 14.4. The molecule has 1 aliphatic rings. The maximum absolute atomic E-state index is 13.3. The van der Waals surface area contributed by atoms with Gasteiger partial charge in [-0.25, -0.2) is 4.39 Å². The third-order valence-corrected chi connectivity index (χ3v) is 4.54. The molecule has 3 N–H and O–H groups in total. The van der Waals surface area contributed by atoms with Gasteiger partial charge in [-0.05, 0) is 30.0 Å². The summed E-state index contributed by atoms with van der Waals surface area (Å²) >= 11 is 0. The van der Waals surface area contributed by atoms with Crippen molar-refractivity contribution in [3.8, 4) is 0 Å². The first-order valence-electron chi connectivity index (χ1n) is 7.84. The highest BCUT2D eigenvalue weighted by Crippen LogP contribution is 2.30. The first-order chi connectivity index (χ1) is 9.70. The maximum Gasteiger partial charge on any atom is 0.123 e. The lowest BCUT2D eigenvalue weighted by molar-refractivity contribution is 0.111. The third kappa shape index (κ3) is 4.29. The van der Waals surface area contributed by atoms with Gasteiger partial charge in [0.1, 0.15) is 5.82 Å². The minimum absolute atomic E-state index is 0.158. The van der Waals surface area contributed by atoms with E-state index in [0.29, 0.717) is 12.5 Å². The van der Waals surface area contributed by atoms with E-state index in [2.05, 4.69) is 0 Å². The molecule has 112 valence electrons. The van der Waals surface area contributed by atoms with Crippen molar-refractivity contribution in [2.24, 2.45) is 11.7 Å².